The largest absolute Gasteiger partial charge is 0.383 e. The van der Waals surface area contributed by atoms with Gasteiger partial charge in [0.25, 0.3) is 0 Å². The Morgan fingerprint density at radius 2 is 2.26 bits per heavy atom. The van der Waals surface area contributed by atoms with E-state index < -0.39 is 0 Å². The standard InChI is InChI=1S/C16H23N5OS/c1-12-11-23-16(19-12)20-15-14(17-5-6-18-15)13-4-3-7-21(10-13)8-9-22-2/h5-6,11,13H,3-4,7-10H2,1-2H3,(H,18,19,20)/t13-/m0/s1. The maximum Gasteiger partial charge on any atom is 0.188 e. The monoisotopic (exact) mass is 333 g/mol. The highest BCUT2D eigenvalue weighted by molar-refractivity contribution is 7.13. The third-order valence-electron chi connectivity index (χ3n) is 4.07. The Bertz CT molecular complexity index is 632. The van der Waals surface area contributed by atoms with Crippen molar-refractivity contribution >= 4 is 22.3 Å². The molecule has 0 bridgehead atoms. The van der Waals surface area contributed by atoms with E-state index in [0.717, 1.165) is 55.0 Å². The normalized spacial score (nSPS) is 19.0. The van der Waals surface area contributed by atoms with Gasteiger partial charge in [0, 0.05) is 43.9 Å². The second kappa shape index (κ2) is 7.81. The first kappa shape index (κ1) is 16.3. The van der Waals surface area contributed by atoms with Crippen LogP contribution in [0.5, 0.6) is 0 Å². The van der Waals surface area contributed by atoms with E-state index >= 15 is 0 Å². The first-order chi connectivity index (χ1) is 11.3. The number of piperidine rings is 1. The second-order valence-corrected chi connectivity index (χ2v) is 6.70. The van der Waals surface area contributed by atoms with Gasteiger partial charge >= 0.3 is 0 Å². The molecule has 124 valence electrons. The van der Waals surface area contributed by atoms with Crippen LogP contribution in [-0.4, -0.2) is 53.2 Å². The lowest BCUT2D eigenvalue weighted by Crippen LogP contribution is -2.37. The molecule has 0 spiro atoms. The van der Waals surface area contributed by atoms with Crippen LogP contribution in [0.25, 0.3) is 0 Å². The molecule has 1 fully saturated rings. The third kappa shape index (κ3) is 4.25. The van der Waals surface area contributed by atoms with Crippen LogP contribution in [0.1, 0.15) is 30.1 Å². The Kier molecular flexibility index (Phi) is 5.53. The molecule has 3 heterocycles. The van der Waals surface area contributed by atoms with Gasteiger partial charge in [-0.05, 0) is 26.3 Å². The number of nitrogens with zero attached hydrogens (tertiary/aromatic N) is 4. The summed E-state index contributed by atoms with van der Waals surface area (Å²) in [5.74, 6) is 1.23. The fourth-order valence-electron chi connectivity index (χ4n) is 2.96. The summed E-state index contributed by atoms with van der Waals surface area (Å²) in [6, 6.07) is 0. The number of likely N-dealkylation sites (tertiary alicyclic amines) is 1. The Hall–Kier alpha value is -1.57. The number of ether oxygens (including phenoxy) is 1. The molecule has 0 aliphatic carbocycles. The van der Waals surface area contributed by atoms with Crippen molar-refractivity contribution in [2.24, 2.45) is 0 Å². The van der Waals surface area contributed by atoms with E-state index in [2.05, 4.69) is 25.2 Å². The number of hydrogen-bond donors (Lipinski definition) is 1. The summed E-state index contributed by atoms with van der Waals surface area (Å²) in [5, 5.41) is 6.24. The summed E-state index contributed by atoms with van der Waals surface area (Å²) in [4.78, 5) is 16.0. The molecule has 1 N–H and O–H groups in total. The Labute approximate surface area is 140 Å². The summed E-state index contributed by atoms with van der Waals surface area (Å²) in [6.45, 7) is 5.88. The fourth-order valence-corrected chi connectivity index (χ4v) is 3.65. The minimum absolute atomic E-state index is 0.401. The van der Waals surface area contributed by atoms with Crippen molar-refractivity contribution in [3.8, 4) is 0 Å². The van der Waals surface area contributed by atoms with Gasteiger partial charge in [0.15, 0.2) is 10.9 Å². The van der Waals surface area contributed by atoms with Crippen LogP contribution in [0.3, 0.4) is 0 Å². The summed E-state index contributed by atoms with van der Waals surface area (Å²) >= 11 is 1.59. The quantitative estimate of drug-likeness (QED) is 0.877. The zero-order chi connectivity index (χ0) is 16.1. The molecular weight excluding hydrogens is 310 g/mol. The van der Waals surface area contributed by atoms with Crippen molar-refractivity contribution in [3.05, 3.63) is 29.2 Å². The van der Waals surface area contributed by atoms with Crippen molar-refractivity contribution < 1.29 is 4.74 Å². The Balaban J connectivity index is 1.74. The van der Waals surface area contributed by atoms with E-state index in [9.17, 15) is 0 Å². The Morgan fingerprint density at radius 3 is 3.04 bits per heavy atom. The van der Waals surface area contributed by atoms with Gasteiger partial charge in [-0.2, -0.15) is 0 Å². The molecule has 1 atom stereocenters. The molecular formula is C16H23N5OS. The highest BCUT2D eigenvalue weighted by Gasteiger charge is 2.25. The highest BCUT2D eigenvalue weighted by atomic mass is 32.1. The predicted molar refractivity (Wildman–Crippen MR) is 92.5 cm³/mol. The zero-order valence-electron chi connectivity index (χ0n) is 13.7. The average molecular weight is 333 g/mol. The SMILES string of the molecule is COCCN1CCC[C@H](c2nccnc2Nc2nc(C)cs2)C1. The van der Waals surface area contributed by atoms with E-state index in [1.54, 1.807) is 30.8 Å². The van der Waals surface area contributed by atoms with E-state index in [4.69, 9.17) is 4.74 Å². The average Bonchev–Trinajstić information content (AvgIpc) is 2.99. The number of aromatic nitrogens is 3. The van der Waals surface area contributed by atoms with Gasteiger partial charge in [-0.1, -0.05) is 0 Å². The maximum absolute atomic E-state index is 5.20. The number of rotatable bonds is 6. The zero-order valence-corrected chi connectivity index (χ0v) is 14.5. The van der Waals surface area contributed by atoms with Crippen molar-refractivity contribution in [2.75, 3.05) is 38.7 Å². The summed E-state index contributed by atoms with van der Waals surface area (Å²) in [6.07, 6.45) is 5.84. The van der Waals surface area contributed by atoms with Gasteiger partial charge in [-0.25, -0.2) is 9.97 Å². The molecule has 0 aromatic carbocycles. The lowest BCUT2D eigenvalue weighted by Gasteiger charge is -2.32. The minimum atomic E-state index is 0.401. The molecule has 7 heteroatoms. The fraction of sp³-hybridized carbons (Fsp3) is 0.562. The van der Waals surface area contributed by atoms with Crippen LogP contribution in [-0.2, 0) is 4.74 Å². The third-order valence-corrected chi connectivity index (χ3v) is 4.95. The topological polar surface area (TPSA) is 63.2 Å². The second-order valence-electron chi connectivity index (χ2n) is 5.84. The van der Waals surface area contributed by atoms with Gasteiger partial charge in [0.05, 0.1) is 18.0 Å². The van der Waals surface area contributed by atoms with Gasteiger partial charge in [0.2, 0.25) is 0 Å². The van der Waals surface area contributed by atoms with Crippen molar-refractivity contribution in [2.45, 2.75) is 25.7 Å². The van der Waals surface area contributed by atoms with Crippen molar-refractivity contribution in [1.29, 1.82) is 0 Å². The summed E-state index contributed by atoms with van der Waals surface area (Å²) < 4.78 is 5.20. The van der Waals surface area contributed by atoms with Crippen LogP contribution in [0.4, 0.5) is 10.9 Å². The molecule has 0 saturated carbocycles. The number of aryl methyl sites for hydroxylation is 1. The van der Waals surface area contributed by atoms with E-state index in [1.807, 2.05) is 12.3 Å². The highest BCUT2D eigenvalue weighted by Crippen LogP contribution is 2.31. The van der Waals surface area contributed by atoms with Gasteiger partial charge in [0.1, 0.15) is 0 Å². The molecule has 1 aliphatic rings. The van der Waals surface area contributed by atoms with Crippen LogP contribution in [0, 0.1) is 6.92 Å². The molecule has 6 nitrogen and oxygen atoms in total. The van der Waals surface area contributed by atoms with E-state index in [0.29, 0.717) is 5.92 Å². The number of thiazole rings is 1. The van der Waals surface area contributed by atoms with Gasteiger partial charge < -0.3 is 15.0 Å². The summed E-state index contributed by atoms with van der Waals surface area (Å²) in [7, 11) is 1.75. The molecule has 2 aromatic heterocycles. The minimum Gasteiger partial charge on any atom is -0.383 e. The van der Waals surface area contributed by atoms with E-state index in [1.165, 1.54) is 6.42 Å². The summed E-state index contributed by atoms with van der Waals surface area (Å²) in [5.41, 5.74) is 2.06. The van der Waals surface area contributed by atoms with Crippen molar-refractivity contribution in [3.63, 3.8) is 0 Å². The predicted octanol–water partition coefficient (Wildman–Crippen LogP) is 2.81. The molecule has 3 rings (SSSR count). The molecule has 0 radical (unpaired) electrons. The lowest BCUT2D eigenvalue weighted by atomic mass is 9.94. The van der Waals surface area contributed by atoms with Crippen LogP contribution in [0.15, 0.2) is 17.8 Å². The molecule has 0 unspecified atom stereocenters. The van der Waals surface area contributed by atoms with Gasteiger partial charge in [-0.3, -0.25) is 4.98 Å². The molecule has 1 saturated heterocycles. The number of hydrogen-bond acceptors (Lipinski definition) is 7. The van der Waals surface area contributed by atoms with Gasteiger partial charge in [-0.15, -0.1) is 11.3 Å². The van der Waals surface area contributed by atoms with Crippen molar-refractivity contribution in [1.82, 2.24) is 19.9 Å². The maximum atomic E-state index is 5.20. The first-order valence-electron chi connectivity index (χ1n) is 7.97. The van der Waals surface area contributed by atoms with E-state index in [-0.39, 0.29) is 0 Å². The lowest BCUT2D eigenvalue weighted by molar-refractivity contribution is 0.127. The molecule has 2 aromatic rings. The Morgan fingerprint density at radius 1 is 1.39 bits per heavy atom. The smallest absolute Gasteiger partial charge is 0.188 e. The van der Waals surface area contributed by atoms with Crippen LogP contribution >= 0.6 is 11.3 Å². The molecule has 23 heavy (non-hydrogen) atoms. The van der Waals surface area contributed by atoms with Crippen LogP contribution in [0.2, 0.25) is 0 Å². The number of anilines is 2. The van der Waals surface area contributed by atoms with Crippen LogP contribution < -0.4 is 5.32 Å². The molecule has 1 aliphatic heterocycles. The molecule has 0 amide bonds. The first-order valence-corrected chi connectivity index (χ1v) is 8.85. The number of nitrogens with one attached hydrogen (secondary N) is 1. The number of methoxy groups -OCH3 is 1.